The molecule has 0 saturated heterocycles. The summed E-state index contributed by atoms with van der Waals surface area (Å²) in [7, 11) is -2.83. The summed E-state index contributed by atoms with van der Waals surface area (Å²) in [5, 5.41) is 9.45. The van der Waals surface area contributed by atoms with Gasteiger partial charge in [0.1, 0.15) is 21.3 Å². The molecule has 1 aromatic carbocycles. The van der Waals surface area contributed by atoms with Crippen LogP contribution in [0, 0.1) is 0 Å². The van der Waals surface area contributed by atoms with Gasteiger partial charge in [0.15, 0.2) is 0 Å². The number of aryl methyl sites for hydroxylation is 1. The van der Waals surface area contributed by atoms with E-state index < -0.39 is 9.84 Å². The van der Waals surface area contributed by atoms with Gasteiger partial charge >= 0.3 is 0 Å². The number of phenols is 1. The van der Waals surface area contributed by atoms with E-state index in [1.807, 2.05) is 13.0 Å². The molecule has 1 aromatic rings. The first-order chi connectivity index (χ1) is 9.42. The number of aromatic hydroxyl groups is 1. The van der Waals surface area contributed by atoms with Crippen molar-refractivity contribution < 1.29 is 18.3 Å². The topological polar surface area (TPSA) is 63.6 Å². The third kappa shape index (κ3) is 6.80. The Kier molecular flexibility index (Phi) is 6.85. The van der Waals surface area contributed by atoms with Crippen LogP contribution in [0.5, 0.6) is 11.5 Å². The summed E-state index contributed by atoms with van der Waals surface area (Å²) in [5.74, 6) is 1.22. The lowest BCUT2D eigenvalue weighted by Gasteiger charge is -2.10. The molecule has 1 N–H and O–H groups in total. The second-order valence-corrected chi connectivity index (χ2v) is 7.30. The Morgan fingerprint density at radius 1 is 1.15 bits per heavy atom. The number of phenolic OH excluding ortho intramolecular Hbond substituents is 1. The highest BCUT2D eigenvalue weighted by molar-refractivity contribution is 7.90. The summed E-state index contributed by atoms with van der Waals surface area (Å²) in [6, 6.07) is 5.18. The van der Waals surface area contributed by atoms with Crippen LogP contribution in [0.2, 0.25) is 0 Å². The molecule has 5 heteroatoms. The van der Waals surface area contributed by atoms with E-state index >= 15 is 0 Å². The van der Waals surface area contributed by atoms with Crippen molar-refractivity contribution in [2.45, 2.75) is 39.0 Å². The standard InChI is InChI=1S/C15H24O4S/c1-3-13-8-9-14(16)12-15(13)19-10-6-4-5-7-11-20(2,17)18/h8-9,12,16H,3-7,10-11H2,1-2H3. The normalized spacial score (nSPS) is 11.5. The molecule has 20 heavy (non-hydrogen) atoms. The van der Waals surface area contributed by atoms with Crippen LogP contribution in [0.1, 0.15) is 38.2 Å². The van der Waals surface area contributed by atoms with Gasteiger partial charge in [-0.25, -0.2) is 8.42 Å². The van der Waals surface area contributed by atoms with Crippen molar-refractivity contribution in [3.05, 3.63) is 23.8 Å². The van der Waals surface area contributed by atoms with Crippen LogP contribution in [0.3, 0.4) is 0 Å². The Morgan fingerprint density at radius 2 is 1.85 bits per heavy atom. The number of rotatable bonds is 9. The van der Waals surface area contributed by atoms with Gasteiger partial charge in [-0.15, -0.1) is 0 Å². The Morgan fingerprint density at radius 3 is 2.50 bits per heavy atom. The number of sulfone groups is 1. The monoisotopic (exact) mass is 300 g/mol. The van der Waals surface area contributed by atoms with Crippen molar-refractivity contribution >= 4 is 9.84 Å². The molecule has 0 bridgehead atoms. The first kappa shape index (κ1) is 16.8. The largest absolute Gasteiger partial charge is 0.508 e. The molecule has 0 aliphatic rings. The quantitative estimate of drug-likeness (QED) is 0.712. The second kappa shape index (κ2) is 8.15. The predicted molar refractivity (Wildman–Crippen MR) is 81.2 cm³/mol. The maximum absolute atomic E-state index is 11.0. The second-order valence-electron chi connectivity index (χ2n) is 5.04. The average Bonchev–Trinajstić information content (AvgIpc) is 2.36. The summed E-state index contributed by atoms with van der Waals surface area (Å²) in [6.07, 6.45) is 5.59. The predicted octanol–water partition coefficient (Wildman–Crippen LogP) is 2.94. The highest BCUT2D eigenvalue weighted by atomic mass is 32.2. The van der Waals surface area contributed by atoms with Crippen molar-refractivity contribution in [1.82, 2.24) is 0 Å². The summed E-state index contributed by atoms with van der Waals surface area (Å²) >= 11 is 0. The maximum Gasteiger partial charge on any atom is 0.147 e. The van der Waals surface area contributed by atoms with Crippen LogP contribution in [0.25, 0.3) is 0 Å². The third-order valence-corrected chi connectivity index (χ3v) is 4.13. The van der Waals surface area contributed by atoms with Crippen molar-refractivity contribution in [3.8, 4) is 11.5 Å². The van der Waals surface area contributed by atoms with Gasteiger partial charge in [-0.1, -0.05) is 25.8 Å². The van der Waals surface area contributed by atoms with E-state index in [-0.39, 0.29) is 11.5 Å². The highest BCUT2D eigenvalue weighted by Gasteiger charge is 2.04. The van der Waals surface area contributed by atoms with Crippen LogP contribution in [-0.2, 0) is 16.3 Å². The molecular weight excluding hydrogens is 276 g/mol. The van der Waals surface area contributed by atoms with E-state index in [4.69, 9.17) is 4.74 Å². The van der Waals surface area contributed by atoms with Crippen LogP contribution in [0.15, 0.2) is 18.2 Å². The molecule has 1 rings (SSSR count). The molecule has 0 aliphatic heterocycles. The van der Waals surface area contributed by atoms with E-state index in [0.29, 0.717) is 13.0 Å². The molecule has 114 valence electrons. The zero-order chi connectivity index (χ0) is 15.0. The molecule has 0 saturated carbocycles. The SMILES string of the molecule is CCc1ccc(O)cc1OCCCCCCS(C)(=O)=O. The molecule has 0 aromatic heterocycles. The number of benzene rings is 1. The van der Waals surface area contributed by atoms with Gasteiger partial charge in [-0.2, -0.15) is 0 Å². The Balaban J connectivity index is 2.23. The molecule has 0 aliphatic carbocycles. The molecule has 0 fully saturated rings. The smallest absolute Gasteiger partial charge is 0.147 e. The van der Waals surface area contributed by atoms with Crippen molar-refractivity contribution in [3.63, 3.8) is 0 Å². The molecular formula is C15H24O4S. The minimum absolute atomic E-state index is 0.213. The summed E-state index contributed by atoms with van der Waals surface area (Å²) in [5.41, 5.74) is 1.08. The van der Waals surface area contributed by atoms with Gasteiger partial charge < -0.3 is 9.84 Å². The number of hydrogen-bond acceptors (Lipinski definition) is 4. The van der Waals surface area contributed by atoms with Crippen LogP contribution >= 0.6 is 0 Å². The first-order valence-electron chi connectivity index (χ1n) is 7.05. The average molecular weight is 300 g/mol. The fraction of sp³-hybridized carbons (Fsp3) is 0.600. The van der Waals surface area contributed by atoms with Gasteiger partial charge in [0, 0.05) is 18.1 Å². The zero-order valence-electron chi connectivity index (χ0n) is 12.3. The van der Waals surface area contributed by atoms with Crippen molar-refractivity contribution in [2.24, 2.45) is 0 Å². The maximum atomic E-state index is 11.0. The van der Waals surface area contributed by atoms with Gasteiger partial charge in [-0.05, 0) is 30.9 Å². The summed E-state index contributed by atoms with van der Waals surface area (Å²) < 4.78 is 27.6. The Labute approximate surface area is 121 Å². The lowest BCUT2D eigenvalue weighted by Crippen LogP contribution is -2.03. The van der Waals surface area contributed by atoms with E-state index in [2.05, 4.69) is 0 Å². The third-order valence-electron chi connectivity index (χ3n) is 3.10. The summed E-state index contributed by atoms with van der Waals surface area (Å²) in [4.78, 5) is 0. The minimum atomic E-state index is -2.83. The van der Waals surface area contributed by atoms with E-state index in [0.717, 1.165) is 37.0 Å². The number of unbranched alkanes of at least 4 members (excludes halogenated alkanes) is 3. The minimum Gasteiger partial charge on any atom is -0.508 e. The van der Waals surface area contributed by atoms with Gasteiger partial charge in [-0.3, -0.25) is 0 Å². The zero-order valence-corrected chi connectivity index (χ0v) is 13.1. The van der Waals surface area contributed by atoms with E-state index in [9.17, 15) is 13.5 Å². The molecule has 0 unspecified atom stereocenters. The van der Waals surface area contributed by atoms with Gasteiger partial charge in [0.25, 0.3) is 0 Å². The van der Waals surface area contributed by atoms with E-state index in [1.165, 1.54) is 6.26 Å². The fourth-order valence-corrected chi connectivity index (χ4v) is 2.70. The first-order valence-corrected chi connectivity index (χ1v) is 9.11. The molecule has 4 nitrogen and oxygen atoms in total. The molecule has 0 atom stereocenters. The molecule has 0 radical (unpaired) electrons. The Bertz CT molecular complexity index is 509. The van der Waals surface area contributed by atoms with Crippen LogP contribution < -0.4 is 4.74 Å². The van der Waals surface area contributed by atoms with Crippen molar-refractivity contribution in [1.29, 1.82) is 0 Å². The molecule has 0 heterocycles. The molecule has 0 amide bonds. The van der Waals surface area contributed by atoms with E-state index in [1.54, 1.807) is 12.1 Å². The Hall–Kier alpha value is -1.23. The van der Waals surface area contributed by atoms with Gasteiger partial charge in [0.2, 0.25) is 0 Å². The lowest BCUT2D eigenvalue weighted by molar-refractivity contribution is 0.300. The van der Waals surface area contributed by atoms with Gasteiger partial charge in [0.05, 0.1) is 6.61 Å². The van der Waals surface area contributed by atoms with Crippen LogP contribution in [-0.4, -0.2) is 32.1 Å². The molecule has 0 spiro atoms. The lowest BCUT2D eigenvalue weighted by atomic mass is 10.1. The number of hydrogen-bond donors (Lipinski definition) is 1. The van der Waals surface area contributed by atoms with Crippen LogP contribution in [0.4, 0.5) is 0 Å². The highest BCUT2D eigenvalue weighted by Crippen LogP contribution is 2.24. The van der Waals surface area contributed by atoms with Crippen molar-refractivity contribution in [2.75, 3.05) is 18.6 Å². The fourth-order valence-electron chi connectivity index (χ4n) is 1.97. The summed E-state index contributed by atoms with van der Waals surface area (Å²) in [6.45, 7) is 2.64. The number of ether oxygens (including phenoxy) is 1.